The molecule has 0 aliphatic carbocycles. The molecule has 15 heavy (non-hydrogen) atoms. The first-order valence-corrected chi connectivity index (χ1v) is 6.44. The van der Waals surface area contributed by atoms with Crippen LogP contribution < -0.4 is 0 Å². The molecule has 0 aromatic rings. The molecule has 0 aromatic carbocycles. The van der Waals surface area contributed by atoms with Crippen LogP contribution in [-0.4, -0.2) is 46.0 Å². The summed E-state index contributed by atoms with van der Waals surface area (Å²) in [5.41, 5.74) is -0.995. The van der Waals surface area contributed by atoms with Crippen molar-refractivity contribution >= 4 is 23.6 Å². The van der Waals surface area contributed by atoms with E-state index in [-0.39, 0.29) is 5.91 Å². The summed E-state index contributed by atoms with van der Waals surface area (Å²) in [6, 6.07) is 0. The highest BCUT2D eigenvalue weighted by Crippen LogP contribution is 2.28. The van der Waals surface area contributed by atoms with E-state index in [1.807, 2.05) is 6.26 Å². The van der Waals surface area contributed by atoms with Gasteiger partial charge in [-0.05, 0) is 32.4 Å². The van der Waals surface area contributed by atoms with Gasteiger partial charge >= 0.3 is 5.97 Å². The van der Waals surface area contributed by atoms with Gasteiger partial charge in [-0.1, -0.05) is 0 Å². The van der Waals surface area contributed by atoms with Gasteiger partial charge in [0.2, 0.25) is 5.91 Å². The number of hydrogen-bond donors (Lipinski definition) is 1. The van der Waals surface area contributed by atoms with E-state index < -0.39 is 11.5 Å². The van der Waals surface area contributed by atoms with Gasteiger partial charge in [0.1, 0.15) is 5.54 Å². The van der Waals surface area contributed by atoms with E-state index in [2.05, 4.69) is 0 Å². The second kappa shape index (κ2) is 4.88. The van der Waals surface area contributed by atoms with Gasteiger partial charge in [0.05, 0.1) is 5.75 Å². The van der Waals surface area contributed by atoms with Gasteiger partial charge in [-0.3, -0.25) is 4.79 Å². The highest BCUT2D eigenvalue weighted by Gasteiger charge is 2.43. The molecule has 1 rings (SSSR count). The van der Waals surface area contributed by atoms with Crippen molar-refractivity contribution in [3.8, 4) is 0 Å². The average molecular weight is 231 g/mol. The number of thioether (sulfide) groups is 1. The van der Waals surface area contributed by atoms with Crippen LogP contribution in [0.4, 0.5) is 0 Å². The van der Waals surface area contributed by atoms with Gasteiger partial charge in [-0.2, -0.15) is 11.8 Å². The van der Waals surface area contributed by atoms with E-state index in [0.29, 0.717) is 18.7 Å². The Morgan fingerprint density at radius 2 is 2.13 bits per heavy atom. The highest BCUT2D eigenvalue weighted by atomic mass is 32.2. The first kappa shape index (κ1) is 12.4. The van der Waals surface area contributed by atoms with Crippen LogP contribution in [0.1, 0.15) is 26.2 Å². The Hall–Kier alpha value is -0.710. The van der Waals surface area contributed by atoms with Gasteiger partial charge in [0, 0.05) is 6.54 Å². The van der Waals surface area contributed by atoms with Gasteiger partial charge in [-0.15, -0.1) is 0 Å². The molecule has 5 heteroatoms. The van der Waals surface area contributed by atoms with Crippen LogP contribution in [0.5, 0.6) is 0 Å². The summed E-state index contributed by atoms with van der Waals surface area (Å²) in [5, 5.41) is 9.18. The summed E-state index contributed by atoms with van der Waals surface area (Å²) >= 11 is 1.43. The smallest absolute Gasteiger partial charge is 0.329 e. The number of hydrogen-bond acceptors (Lipinski definition) is 3. The molecule has 0 spiro atoms. The molecule has 0 saturated carbocycles. The zero-order valence-electron chi connectivity index (χ0n) is 9.15. The number of piperidine rings is 1. The fraction of sp³-hybridized carbons (Fsp3) is 0.800. The minimum atomic E-state index is -0.995. The molecule has 1 N–H and O–H groups in total. The predicted molar refractivity (Wildman–Crippen MR) is 60.0 cm³/mol. The number of carbonyl (C=O) groups excluding carboxylic acids is 1. The van der Waals surface area contributed by atoms with Crippen LogP contribution in [0.25, 0.3) is 0 Å². The van der Waals surface area contributed by atoms with E-state index in [0.717, 1.165) is 12.8 Å². The second-order valence-corrected chi connectivity index (χ2v) is 4.88. The lowest BCUT2D eigenvalue weighted by Gasteiger charge is -2.41. The Morgan fingerprint density at radius 3 is 2.67 bits per heavy atom. The number of nitrogens with zero attached hydrogens (tertiary/aromatic N) is 1. The molecule has 1 atom stereocenters. The number of rotatable bonds is 3. The molecule has 0 bridgehead atoms. The van der Waals surface area contributed by atoms with Crippen molar-refractivity contribution < 1.29 is 14.7 Å². The Morgan fingerprint density at radius 1 is 1.47 bits per heavy atom. The van der Waals surface area contributed by atoms with Crippen LogP contribution in [0, 0.1) is 0 Å². The molecule has 4 nitrogen and oxygen atoms in total. The topological polar surface area (TPSA) is 57.6 Å². The normalized spacial score (nSPS) is 26.4. The lowest BCUT2D eigenvalue weighted by Crippen LogP contribution is -2.57. The average Bonchev–Trinajstić information content (AvgIpc) is 2.18. The number of amides is 1. The predicted octanol–water partition coefficient (Wildman–Crippen LogP) is 1.21. The second-order valence-electron chi connectivity index (χ2n) is 4.01. The summed E-state index contributed by atoms with van der Waals surface area (Å²) in [6.07, 6.45) is 4.19. The third kappa shape index (κ3) is 2.45. The van der Waals surface area contributed by atoms with E-state index >= 15 is 0 Å². The molecule has 86 valence electrons. The van der Waals surface area contributed by atoms with Crippen molar-refractivity contribution in [1.29, 1.82) is 0 Å². The Bertz CT molecular complexity index is 269. The molecule has 1 fully saturated rings. The molecule has 1 unspecified atom stereocenters. The monoisotopic (exact) mass is 231 g/mol. The minimum Gasteiger partial charge on any atom is -0.480 e. The Balaban J connectivity index is 2.82. The van der Waals surface area contributed by atoms with Gasteiger partial charge in [0.25, 0.3) is 0 Å². The molecule has 1 saturated heterocycles. The SMILES string of the molecule is CSCC(=O)N1CCCCC1(C)C(=O)O. The van der Waals surface area contributed by atoms with Crippen LogP contribution in [0.3, 0.4) is 0 Å². The number of carboxylic acid groups (broad SMARTS) is 1. The molecular formula is C10H17NO3S. The van der Waals surface area contributed by atoms with Gasteiger partial charge in [0.15, 0.2) is 0 Å². The number of likely N-dealkylation sites (tertiary alicyclic amines) is 1. The van der Waals surface area contributed by atoms with Crippen molar-refractivity contribution in [3.63, 3.8) is 0 Å². The first-order valence-electron chi connectivity index (χ1n) is 5.05. The summed E-state index contributed by atoms with van der Waals surface area (Å²) in [6.45, 7) is 2.22. The van der Waals surface area contributed by atoms with E-state index in [1.54, 1.807) is 6.92 Å². The fourth-order valence-electron chi connectivity index (χ4n) is 1.94. The third-order valence-electron chi connectivity index (χ3n) is 2.92. The standard InChI is InChI=1S/C10H17NO3S/c1-10(9(13)14)5-3-4-6-11(10)8(12)7-15-2/h3-7H2,1-2H3,(H,13,14). The summed E-state index contributed by atoms with van der Waals surface area (Å²) in [5.74, 6) is -0.591. The van der Waals surface area contributed by atoms with Crippen LogP contribution in [0.15, 0.2) is 0 Å². The molecule has 1 heterocycles. The quantitative estimate of drug-likeness (QED) is 0.793. The van der Waals surface area contributed by atoms with Crippen molar-refractivity contribution in [2.75, 3.05) is 18.6 Å². The number of aliphatic carboxylic acids is 1. The zero-order chi connectivity index (χ0) is 11.5. The fourth-order valence-corrected chi connectivity index (χ4v) is 2.35. The highest BCUT2D eigenvalue weighted by molar-refractivity contribution is 7.99. The molecule has 1 aliphatic heterocycles. The first-order chi connectivity index (χ1) is 7.02. The van der Waals surface area contributed by atoms with Crippen molar-refractivity contribution in [2.45, 2.75) is 31.7 Å². The van der Waals surface area contributed by atoms with Crippen LogP contribution in [0.2, 0.25) is 0 Å². The van der Waals surface area contributed by atoms with Crippen LogP contribution >= 0.6 is 11.8 Å². The van der Waals surface area contributed by atoms with E-state index in [4.69, 9.17) is 0 Å². The maximum atomic E-state index is 11.8. The number of carboxylic acids is 1. The number of carbonyl (C=O) groups is 2. The largest absolute Gasteiger partial charge is 0.480 e. The van der Waals surface area contributed by atoms with Crippen LogP contribution in [-0.2, 0) is 9.59 Å². The Kier molecular flexibility index (Phi) is 4.02. The molecule has 0 aromatic heterocycles. The zero-order valence-corrected chi connectivity index (χ0v) is 9.97. The molecule has 1 amide bonds. The lowest BCUT2D eigenvalue weighted by atomic mass is 9.88. The van der Waals surface area contributed by atoms with Gasteiger partial charge < -0.3 is 10.0 Å². The summed E-state index contributed by atoms with van der Waals surface area (Å²) in [4.78, 5) is 24.5. The molecule has 1 aliphatic rings. The third-order valence-corrected chi connectivity index (χ3v) is 3.46. The van der Waals surface area contributed by atoms with E-state index in [1.165, 1.54) is 16.7 Å². The van der Waals surface area contributed by atoms with Crippen molar-refractivity contribution in [2.24, 2.45) is 0 Å². The van der Waals surface area contributed by atoms with Crippen molar-refractivity contribution in [1.82, 2.24) is 4.90 Å². The van der Waals surface area contributed by atoms with Crippen molar-refractivity contribution in [3.05, 3.63) is 0 Å². The maximum absolute atomic E-state index is 11.8. The van der Waals surface area contributed by atoms with E-state index in [9.17, 15) is 14.7 Å². The van der Waals surface area contributed by atoms with Gasteiger partial charge in [-0.25, -0.2) is 4.79 Å². The maximum Gasteiger partial charge on any atom is 0.329 e. The summed E-state index contributed by atoms with van der Waals surface area (Å²) < 4.78 is 0. The molecule has 0 radical (unpaired) electrons. The molecular weight excluding hydrogens is 214 g/mol. The summed E-state index contributed by atoms with van der Waals surface area (Å²) in [7, 11) is 0. The lowest BCUT2D eigenvalue weighted by molar-refractivity contribution is -0.159. The Labute approximate surface area is 94.0 Å². The minimum absolute atomic E-state index is 0.0629.